The molecule has 0 aromatic carbocycles. The van der Waals surface area contributed by atoms with E-state index in [0.717, 1.165) is 31.0 Å². The first kappa shape index (κ1) is 12.0. The minimum Gasteiger partial charge on any atom is -0.469 e. The summed E-state index contributed by atoms with van der Waals surface area (Å²) in [6.45, 7) is 0.821. The normalized spacial score (nSPS) is 18.0. The third-order valence-electron chi connectivity index (χ3n) is 3.48. The van der Waals surface area contributed by atoms with Crippen molar-refractivity contribution in [3.63, 3.8) is 0 Å². The Morgan fingerprint density at radius 2 is 2.53 bits per heavy atom. The Morgan fingerprint density at radius 1 is 1.58 bits per heavy atom. The van der Waals surface area contributed by atoms with Gasteiger partial charge < -0.3 is 14.3 Å². The summed E-state index contributed by atoms with van der Waals surface area (Å²) in [5.41, 5.74) is 0. The monoisotopic (exact) mass is 259 g/mol. The largest absolute Gasteiger partial charge is 0.469 e. The van der Waals surface area contributed by atoms with Gasteiger partial charge in [-0.05, 0) is 18.6 Å². The maximum atomic E-state index is 11.9. The van der Waals surface area contributed by atoms with Crippen molar-refractivity contribution in [1.82, 2.24) is 14.9 Å². The fraction of sp³-hybridized carbons (Fsp3) is 0.429. The molecular formula is C14H17N3O2. The smallest absolute Gasteiger partial charge is 0.220 e. The van der Waals surface area contributed by atoms with Crippen molar-refractivity contribution in [2.45, 2.75) is 38.3 Å². The molecule has 3 heterocycles. The Balaban J connectivity index is 1.48. The molecule has 0 fully saturated rings. The van der Waals surface area contributed by atoms with Crippen LogP contribution in [0, 0.1) is 0 Å². The number of furan rings is 1. The van der Waals surface area contributed by atoms with Gasteiger partial charge in [0.2, 0.25) is 5.91 Å². The first-order chi connectivity index (χ1) is 9.31. The van der Waals surface area contributed by atoms with Gasteiger partial charge in [-0.25, -0.2) is 4.98 Å². The molecule has 1 aliphatic heterocycles. The summed E-state index contributed by atoms with van der Waals surface area (Å²) in [5, 5.41) is 3.08. The summed E-state index contributed by atoms with van der Waals surface area (Å²) < 4.78 is 7.33. The standard InChI is InChI=1S/C14H17N3O2/c18-14(6-4-12-2-1-9-19-12)16-11-3-5-13-15-7-8-17(13)10-11/h1-2,7-9,11H,3-6,10H2,(H,16,18)/t11-/m0/s1. The highest BCUT2D eigenvalue weighted by Crippen LogP contribution is 2.13. The zero-order valence-corrected chi connectivity index (χ0v) is 10.7. The number of aryl methyl sites for hydroxylation is 2. The molecule has 5 heteroatoms. The van der Waals surface area contributed by atoms with Crippen LogP contribution in [0.5, 0.6) is 0 Å². The second-order valence-corrected chi connectivity index (χ2v) is 4.88. The van der Waals surface area contributed by atoms with Crippen LogP contribution in [0.25, 0.3) is 0 Å². The number of nitrogens with zero attached hydrogens (tertiary/aromatic N) is 2. The highest BCUT2D eigenvalue weighted by Gasteiger charge is 2.20. The maximum absolute atomic E-state index is 11.9. The van der Waals surface area contributed by atoms with E-state index < -0.39 is 0 Å². The molecule has 1 aliphatic rings. The first-order valence-corrected chi connectivity index (χ1v) is 6.63. The third-order valence-corrected chi connectivity index (χ3v) is 3.48. The molecule has 3 rings (SSSR count). The van der Waals surface area contributed by atoms with Gasteiger partial charge in [-0.15, -0.1) is 0 Å². The van der Waals surface area contributed by atoms with E-state index in [-0.39, 0.29) is 11.9 Å². The zero-order valence-electron chi connectivity index (χ0n) is 10.7. The van der Waals surface area contributed by atoms with Crippen LogP contribution >= 0.6 is 0 Å². The lowest BCUT2D eigenvalue weighted by atomic mass is 10.1. The molecular weight excluding hydrogens is 242 g/mol. The third kappa shape index (κ3) is 2.86. The molecule has 0 radical (unpaired) electrons. The van der Waals surface area contributed by atoms with Gasteiger partial charge in [0.1, 0.15) is 11.6 Å². The van der Waals surface area contributed by atoms with Gasteiger partial charge in [0.25, 0.3) is 0 Å². The number of amides is 1. The van der Waals surface area contributed by atoms with Crippen LogP contribution in [0.3, 0.4) is 0 Å². The Labute approximate surface area is 111 Å². The van der Waals surface area contributed by atoms with Crippen molar-refractivity contribution in [2.24, 2.45) is 0 Å². The van der Waals surface area contributed by atoms with Crippen molar-refractivity contribution in [3.05, 3.63) is 42.4 Å². The van der Waals surface area contributed by atoms with E-state index in [4.69, 9.17) is 4.42 Å². The lowest BCUT2D eigenvalue weighted by Gasteiger charge is -2.24. The van der Waals surface area contributed by atoms with Crippen LogP contribution in [-0.2, 0) is 24.2 Å². The zero-order chi connectivity index (χ0) is 13.1. The fourth-order valence-corrected chi connectivity index (χ4v) is 2.48. The summed E-state index contributed by atoms with van der Waals surface area (Å²) in [6.07, 6.45) is 8.43. The first-order valence-electron chi connectivity index (χ1n) is 6.63. The fourth-order valence-electron chi connectivity index (χ4n) is 2.48. The SMILES string of the molecule is O=C(CCc1ccco1)N[C@H]1CCc2nccn2C1. The average molecular weight is 259 g/mol. The molecule has 1 N–H and O–H groups in total. The predicted molar refractivity (Wildman–Crippen MR) is 69.5 cm³/mol. The topological polar surface area (TPSA) is 60.1 Å². The number of aromatic nitrogens is 2. The molecule has 0 spiro atoms. The van der Waals surface area contributed by atoms with Gasteiger partial charge in [-0.2, -0.15) is 0 Å². The molecule has 0 unspecified atom stereocenters. The lowest BCUT2D eigenvalue weighted by molar-refractivity contribution is -0.122. The molecule has 0 bridgehead atoms. The summed E-state index contributed by atoms with van der Waals surface area (Å²) in [6, 6.07) is 3.95. The number of fused-ring (bicyclic) bond motifs is 1. The number of carbonyl (C=O) groups is 1. The molecule has 1 atom stereocenters. The van der Waals surface area contributed by atoms with E-state index in [1.807, 2.05) is 24.5 Å². The second-order valence-electron chi connectivity index (χ2n) is 4.88. The highest BCUT2D eigenvalue weighted by atomic mass is 16.3. The molecule has 0 saturated heterocycles. The van der Waals surface area contributed by atoms with Gasteiger partial charge in [0.05, 0.1) is 6.26 Å². The van der Waals surface area contributed by atoms with Gasteiger partial charge >= 0.3 is 0 Å². The van der Waals surface area contributed by atoms with Crippen molar-refractivity contribution >= 4 is 5.91 Å². The minimum absolute atomic E-state index is 0.0879. The molecule has 100 valence electrons. The molecule has 19 heavy (non-hydrogen) atoms. The number of hydrogen-bond acceptors (Lipinski definition) is 3. The number of imidazole rings is 1. The van der Waals surface area contributed by atoms with Crippen LogP contribution < -0.4 is 5.32 Å². The van der Waals surface area contributed by atoms with Crippen LogP contribution in [0.4, 0.5) is 0 Å². The quantitative estimate of drug-likeness (QED) is 0.906. The number of carbonyl (C=O) groups excluding carboxylic acids is 1. The second kappa shape index (κ2) is 5.30. The molecule has 1 amide bonds. The Bertz CT molecular complexity index is 545. The minimum atomic E-state index is 0.0879. The summed E-state index contributed by atoms with van der Waals surface area (Å²) in [4.78, 5) is 16.2. The molecule has 5 nitrogen and oxygen atoms in total. The van der Waals surface area contributed by atoms with Crippen LogP contribution in [-0.4, -0.2) is 21.5 Å². The van der Waals surface area contributed by atoms with E-state index in [2.05, 4.69) is 14.9 Å². The van der Waals surface area contributed by atoms with E-state index in [1.54, 1.807) is 6.26 Å². The molecule has 0 aliphatic carbocycles. The summed E-state index contributed by atoms with van der Waals surface area (Å²) in [5.74, 6) is 2.06. The Hall–Kier alpha value is -2.04. The van der Waals surface area contributed by atoms with E-state index in [0.29, 0.717) is 12.8 Å². The molecule has 0 saturated carbocycles. The van der Waals surface area contributed by atoms with Crippen LogP contribution in [0.1, 0.15) is 24.4 Å². The van der Waals surface area contributed by atoms with Gasteiger partial charge in [-0.3, -0.25) is 4.79 Å². The summed E-state index contributed by atoms with van der Waals surface area (Å²) in [7, 11) is 0. The summed E-state index contributed by atoms with van der Waals surface area (Å²) >= 11 is 0. The van der Waals surface area contributed by atoms with Gasteiger partial charge in [-0.1, -0.05) is 0 Å². The predicted octanol–water partition coefficient (Wildman–Crippen LogP) is 1.54. The number of hydrogen-bond donors (Lipinski definition) is 1. The van der Waals surface area contributed by atoms with Crippen LogP contribution in [0.15, 0.2) is 35.2 Å². The van der Waals surface area contributed by atoms with Gasteiger partial charge in [0.15, 0.2) is 0 Å². The highest BCUT2D eigenvalue weighted by molar-refractivity contribution is 5.76. The van der Waals surface area contributed by atoms with Crippen molar-refractivity contribution in [3.8, 4) is 0 Å². The van der Waals surface area contributed by atoms with E-state index in [9.17, 15) is 4.79 Å². The Kier molecular flexibility index (Phi) is 3.35. The van der Waals surface area contributed by atoms with Gasteiger partial charge in [0, 0.05) is 44.2 Å². The van der Waals surface area contributed by atoms with Crippen LogP contribution in [0.2, 0.25) is 0 Å². The molecule has 2 aromatic heterocycles. The van der Waals surface area contributed by atoms with E-state index >= 15 is 0 Å². The number of nitrogens with one attached hydrogen (secondary N) is 1. The van der Waals surface area contributed by atoms with Crippen molar-refractivity contribution in [1.29, 1.82) is 0 Å². The van der Waals surface area contributed by atoms with E-state index in [1.165, 1.54) is 0 Å². The average Bonchev–Trinajstić information content (AvgIpc) is 3.07. The molecule has 2 aromatic rings. The van der Waals surface area contributed by atoms with Crippen molar-refractivity contribution < 1.29 is 9.21 Å². The number of rotatable bonds is 4. The van der Waals surface area contributed by atoms with Crippen molar-refractivity contribution in [2.75, 3.05) is 0 Å². The Morgan fingerprint density at radius 3 is 3.37 bits per heavy atom. The maximum Gasteiger partial charge on any atom is 0.220 e. The lowest BCUT2D eigenvalue weighted by Crippen LogP contribution is -2.40.